The zero-order chi connectivity index (χ0) is 11.8. The Morgan fingerprint density at radius 2 is 2.47 bits per heavy atom. The first-order valence-corrected chi connectivity index (χ1v) is 6.16. The fourth-order valence-electron chi connectivity index (χ4n) is 2.07. The topological polar surface area (TPSA) is 91.8 Å². The first kappa shape index (κ1) is 10.4. The van der Waals surface area contributed by atoms with Crippen LogP contribution in [0.25, 0.3) is 10.7 Å². The molecule has 2 N–H and O–H groups in total. The maximum Gasteiger partial charge on any atom is 0.312 e. The van der Waals surface area contributed by atoms with Gasteiger partial charge in [-0.05, 0) is 19.3 Å². The molecule has 1 atom stereocenters. The van der Waals surface area contributed by atoms with Crippen LogP contribution in [0.5, 0.6) is 0 Å². The van der Waals surface area contributed by atoms with Gasteiger partial charge in [-0.2, -0.15) is 15.4 Å². The average Bonchev–Trinajstić information content (AvgIpc) is 2.96. The second kappa shape index (κ2) is 3.92. The zero-order valence-corrected chi connectivity index (χ0v) is 9.70. The third kappa shape index (κ3) is 1.72. The van der Waals surface area contributed by atoms with Gasteiger partial charge >= 0.3 is 5.97 Å². The molecule has 0 bridgehead atoms. The average molecular weight is 250 g/mol. The van der Waals surface area contributed by atoms with E-state index in [4.69, 9.17) is 5.11 Å². The number of fused-ring (bicyclic) bond motifs is 1. The van der Waals surface area contributed by atoms with Crippen LogP contribution in [0.4, 0.5) is 0 Å². The number of nitrogens with zero attached hydrogens (tertiary/aromatic N) is 3. The SMILES string of the molecule is O=C(O)C1CCCc2sc(-c3cn[nH]n3)nc21. The molecule has 1 aliphatic rings. The van der Waals surface area contributed by atoms with E-state index in [0.717, 1.165) is 22.7 Å². The summed E-state index contributed by atoms with van der Waals surface area (Å²) in [4.78, 5) is 16.6. The number of rotatable bonds is 2. The van der Waals surface area contributed by atoms with Gasteiger partial charge in [0.25, 0.3) is 0 Å². The van der Waals surface area contributed by atoms with Crippen LogP contribution in [-0.4, -0.2) is 31.5 Å². The van der Waals surface area contributed by atoms with Crippen LogP contribution in [0.3, 0.4) is 0 Å². The Labute approximate surface area is 101 Å². The maximum atomic E-state index is 11.1. The lowest BCUT2D eigenvalue weighted by Crippen LogP contribution is -2.17. The summed E-state index contributed by atoms with van der Waals surface area (Å²) in [5.41, 5.74) is 1.39. The van der Waals surface area contributed by atoms with Crippen molar-refractivity contribution in [1.29, 1.82) is 0 Å². The molecule has 0 saturated carbocycles. The lowest BCUT2D eigenvalue weighted by atomic mass is 9.91. The van der Waals surface area contributed by atoms with E-state index in [-0.39, 0.29) is 0 Å². The number of carboxylic acid groups (broad SMARTS) is 1. The lowest BCUT2D eigenvalue weighted by molar-refractivity contribution is -0.139. The molecule has 1 aliphatic carbocycles. The summed E-state index contributed by atoms with van der Waals surface area (Å²) in [7, 11) is 0. The molecule has 2 aromatic rings. The van der Waals surface area contributed by atoms with Crippen molar-refractivity contribution in [3.8, 4) is 10.7 Å². The van der Waals surface area contributed by atoms with Crippen molar-refractivity contribution in [3.05, 3.63) is 16.8 Å². The van der Waals surface area contributed by atoms with Crippen LogP contribution in [0.2, 0.25) is 0 Å². The van der Waals surface area contributed by atoms with Gasteiger partial charge in [0.15, 0.2) is 0 Å². The standard InChI is InChI=1S/C10H10N4O2S/c15-10(16)5-2-1-3-7-8(5)12-9(17-7)6-4-11-14-13-6/h4-5H,1-3H2,(H,15,16)(H,11,13,14). The van der Waals surface area contributed by atoms with Crippen molar-refractivity contribution in [3.63, 3.8) is 0 Å². The lowest BCUT2D eigenvalue weighted by Gasteiger charge is -2.16. The van der Waals surface area contributed by atoms with Crippen molar-refractivity contribution in [2.45, 2.75) is 25.2 Å². The molecule has 88 valence electrons. The van der Waals surface area contributed by atoms with E-state index in [1.807, 2.05) is 0 Å². The monoisotopic (exact) mass is 250 g/mol. The molecule has 2 heterocycles. The number of hydrogen-bond donors (Lipinski definition) is 2. The molecule has 0 saturated heterocycles. The second-order valence-corrected chi connectivity index (χ2v) is 5.05. The molecule has 1 unspecified atom stereocenters. The van der Waals surface area contributed by atoms with Crippen LogP contribution >= 0.6 is 11.3 Å². The molecule has 2 aromatic heterocycles. The summed E-state index contributed by atoms with van der Waals surface area (Å²) in [6, 6.07) is 0. The first-order valence-electron chi connectivity index (χ1n) is 5.34. The highest BCUT2D eigenvalue weighted by atomic mass is 32.1. The van der Waals surface area contributed by atoms with E-state index in [1.165, 1.54) is 11.3 Å². The van der Waals surface area contributed by atoms with Crippen molar-refractivity contribution < 1.29 is 9.90 Å². The molecule has 0 radical (unpaired) electrons. The highest BCUT2D eigenvalue weighted by molar-refractivity contribution is 7.15. The Hall–Kier alpha value is -1.76. The van der Waals surface area contributed by atoms with Gasteiger partial charge in [-0.15, -0.1) is 11.3 Å². The van der Waals surface area contributed by atoms with Crippen LogP contribution in [0, 0.1) is 0 Å². The number of carboxylic acids is 1. The van der Waals surface area contributed by atoms with Crippen LogP contribution in [0.15, 0.2) is 6.20 Å². The van der Waals surface area contributed by atoms with E-state index < -0.39 is 11.9 Å². The van der Waals surface area contributed by atoms with E-state index in [9.17, 15) is 4.79 Å². The fraction of sp³-hybridized carbons (Fsp3) is 0.400. The number of aromatic amines is 1. The van der Waals surface area contributed by atoms with Gasteiger partial charge in [0, 0.05) is 4.88 Å². The summed E-state index contributed by atoms with van der Waals surface area (Å²) in [6.07, 6.45) is 4.09. The zero-order valence-electron chi connectivity index (χ0n) is 8.88. The maximum absolute atomic E-state index is 11.1. The summed E-state index contributed by atoms with van der Waals surface area (Å²) in [6.45, 7) is 0. The third-order valence-corrected chi connectivity index (χ3v) is 4.04. The predicted molar refractivity (Wildman–Crippen MR) is 60.8 cm³/mol. The Morgan fingerprint density at radius 1 is 1.59 bits per heavy atom. The van der Waals surface area contributed by atoms with Crippen LogP contribution < -0.4 is 0 Å². The van der Waals surface area contributed by atoms with Crippen molar-refractivity contribution in [1.82, 2.24) is 20.4 Å². The quantitative estimate of drug-likeness (QED) is 0.841. The molecule has 0 aliphatic heterocycles. The number of aromatic nitrogens is 4. The third-order valence-electron chi connectivity index (χ3n) is 2.89. The molecule has 7 heteroatoms. The largest absolute Gasteiger partial charge is 0.481 e. The molecule has 0 fully saturated rings. The molecular weight excluding hydrogens is 240 g/mol. The number of hydrogen-bond acceptors (Lipinski definition) is 5. The number of aryl methyl sites for hydroxylation is 1. The Bertz CT molecular complexity index is 549. The van der Waals surface area contributed by atoms with Crippen molar-refractivity contribution in [2.24, 2.45) is 0 Å². The van der Waals surface area contributed by atoms with Gasteiger partial charge in [-0.1, -0.05) is 0 Å². The smallest absolute Gasteiger partial charge is 0.312 e. The molecule has 0 spiro atoms. The van der Waals surface area contributed by atoms with Gasteiger partial charge in [-0.25, -0.2) is 4.98 Å². The van der Waals surface area contributed by atoms with Gasteiger partial charge in [0.2, 0.25) is 0 Å². The normalized spacial score (nSPS) is 18.9. The van der Waals surface area contributed by atoms with Gasteiger partial charge in [0.1, 0.15) is 16.6 Å². The Balaban J connectivity index is 2.04. The van der Waals surface area contributed by atoms with Crippen molar-refractivity contribution in [2.75, 3.05) is 0 Å². The molecule has 6 nitrogen and oxygen atoms in total. The van der Waals surface area contributed by atoms with E-state index in [0.29, 0.717) is 17.8 Å². The van der Waals surface area contributed by atoms with E-state index in [1.54, 1.807) is 6.20 Å². The summed E-state index contributed by atoms with van der Waals surface area (Å²) >= 11 is 1.52. The van der Waals surface area contributed by atoms with Gasteiger partial charge < -0.3 is 5.11 Å². The Kier molecular flexibility index (Phi) is 2.40. The molecule has 0 amide bonds. The number of aliphatic carboxylic acids is 1. The van der Waals surface area contributed by atoms with Crippen molar-refractivity contribution >= 4 is 17.3 Å². The number of thiazole rings is 1. The Morgan fingerprint density at radius 3 is 3.18 bits per heavy atom. The number of H-pyrrole nitrogens is 1. The van der Waals surface area contributed by atoms with E-state index in [2.05, 4.69) is 20.4 Å². The highest BCUT2D eigenvalue weighted by Gasteiger charge is 2.30. The van der Waals surface area contributed by atoms with Crippen LogP contribution in [0.1, 0.15) is 29.3 Å². The second-order valence-electron chi connectivity index (χ2n) is 3.97. The fourth-order valence-corrected chi connectivity index (χ4v) is 3.19. The minimum atomic E-state index is -0.789. The molecular formula is C10H10N4O2S. The minimum absolute atomic E-state index is 0.462. The predicted octanol–water partition coefficient (Wildman–Crippen LogP) is 1.43. The molecule has 3 rings (SSSR count). The summed E-state index contributed by atoms with van der Waals surface area (Å²) in [5.74, 6) is -1.25. The molecule has 0 aromatic carbocycles. The highest BCUT2D eigenvalue weighted by Crippen LogP contribution is 2.37. The first-order chi connectivity index (χ1) is 8.25. The molecule has 17 heavy (non-hydrogen) atoms. The van der Waals surface area contributed by atoms with E-state index >= 15 is 0 Å². The van der Waals surface area contributed by atoms with Crippen LogP contribution in [-0.2, 0) is 11.2 Å². The number of nitrogens with one attached hydrogen (secondary N) is 1. The number of carbonyl (C=O) groups is 1. The summed E-state index contributed by atoms with van der Waals surface area (Å²) < 4.78 is 0. The van der Waals surface area contributed by atoms with Gasteiger partial charge in [-0.3, -0.25) is 4.79 Å². The van der Waals surface area contributed by atoms with Gasteiger partial charge in [0.05, 0.1) is 11.9 Å². The summed E-state index contributed by atoms with van der Waals surface area (Å²) in [5, 5.41) is 20.1. The minimum Gasteiger partial charge on any atom is -0.481 e.